The summed E-state index contributed by atoms with van der Waals surface area (Å²) >= 11 is 1.45. The van der Waals surface area contributed by atoms with Crippen molar-refractivity contribution in [2.75, 3.05) is 0 Å². The van der Waals surface area contributed by atoms with Crippen LogP contribution in [0.15, 0.2) is 24.0 Å². The molecule has 0 aromatic carbocycles. The summed E-state index contributed by atoms with van der Waals surface area (Å²) < 4.78 is 0. The molecule has 0 bridgehead atoms. The van der Waals surface area contributed by atoms with Crippen molar-refractivity contribution in [3.63, 3.8) is 0 Å². The van der Waals surface area contributed by atoms with E-state index >= 15 is 0 Å². The van der Waals surface area contributed by atoms with Crippen molar-refractivity contribution in [2.24, 2.45) is 0 Å². The highest BCUT2D eigenvalue weighted by molar-refractivity contribution is 7.13. The lowest BCUT2D eigenvalue weighted by Gasteiger charge is -2.28. The van der Waals surface area contributed by atoms with Crippen LogP contribution in [0.25, 0.3) is 10.7 Å². The van der Waals surface area contributed by atoms with Gasteiger partial charge < -0.3 is 10.4 Å². The minimum absolute atomic E-state index is 0.0954. The number of rotatable bonds is 4. The van der Waals surface area contributed by atoms with E-state index in [9.17, 15) is 9.90 Å². The van der Waals surface area contributed by atoms with E-state index < -0.39 is 6.10 Å². The molecule has 1 amide bonds. The summed E-state index contributed by atoms with van der Waals surface area (Å²) in [5.41, 5.74) is 1.43. The number of aromatic nitrogens is 3. The summed E-state index contributed by atoms with van der Waals surface area (Å²) in [6.07, 6.45) is 8.36. The predicted octanol–water partition coefficient (Wildman–Crippen LogP) is 1.56. The van der Waals surface area contributed by atoms with Gasteiger partial charge in [0.1, 0.15) is 10.7 Å². The predicted molar refractivity (Wildman–Crippen MR) is 83.2 cm³/mol. The third kappa shape index (κ3) is 3.66. The highest BCUT2D eigenvalue weighted by atomic mass is 32.1. The first kappa shape index (κ1) is 15.1. The van der Waals surface area contributed by atoms with Gasteiger partial charge in [0.05, 0.1) is 30.5 Å². The van der Waals surface area contributed by atoms with Gasteiger partial charge >= 0.3 is 0 Å². The molecule has 1 aliphatic carbocycles. The Hall–Kier alpha value is -1.86. The molecule has 2 N–H and O–H groups in total. The van der Waals surface area contributed by atoms with Gasteiger partial charge in [-0.05, 0) is 12.8 Å². The molecule has 2 aromatic heterocycles. The molecule has 2 atom stereocenters. The summed E-state index contributed by atoms with van der Waals surface area (Å²) in [4.78, 5) is 24.7. The molecular formula is C15H18N4O2S. The van der Waals surface area contributed by atoms with E-state index in [1.807, 2.05) is 5.38 Å². The van der Waals surface area contributed by atoms with Crippen LogP contribution in [0.1, 0.15) is 31.4 Å². The van der Waals surface area contributed by atoms with Crippen LogP contribution in [0.3, 0.4) is 0 Å². The standard InChI is InChI=1S/C15H18N4O2S/c20-13-4-2-1-3-11(13)19-14(21)7-10-9-22-15(18-10)12-8-16-5-6-17-12/h5-6,8-9,11,13,20H,1-4,7H2,(H,19,21). The number of hydrogen-bond donors (Lipinski definition) is 2. The lowest BCUT2D eigenvalue weighted by atomic mass is 9.92. The number of amides is 1. The van der Waals surface area contributed by atoms with Crippen LogP contribution in [-0.4, -0.2) is 38.1 Å². The monoisotopic (exact) mass is 318 g/mol. The van der Waals surface area contributed by atoms with E-state index in [1.165, 1.54) is 11.3 Å². The van der Waals surface area contributed by atoms with Gasteiger partial charge in [0, 0.05) is 17.8 Å². The molecule has 116 valence electrons. The van der Waals surface area contributed by atoms with E-state index in [0.29, 0.717) is 11.4 Å². The minimum atomic E-state index is -0.428. The molecule has 1 fully saturated rings. The molecule has 2 aromatic rings. The number of thiazole rings is 1. The molecule has 0 radical (unpaired) electrons. The van der Waals surface area contributed by atoms with Crippen molar-refractivity contribution in [3.05, 3.63) is 29.7 Å². The number of carbonyl (C=O) groups excluding carboxylic acids is 1. The van der Waals surface area contributed by atoms with E-state index in [-0.39, 0.29) is 18.4 Å². The summed E-state index contributed by atoms with van der Waals surface area (Å²) in [5.74, 6) is -0.0954. The number of aliphatic hydroxyl groups excluding tert-OH is 1. The van der Waals surface area contributed by atoms with Crippen molar-refractivity contribution < 1.29 is 9.90 Å². The second-order valence-corrected chi connectivity index (χ2v) is 6.30. The Bertz CT molecular complexity index is 631. The van der Waals surface area contributed by atoms with Gasteiger partial charge in [-0.2, -0.15) is 0 Å². The fourth-order valence-electron chi connectivity index (χ4n) is 2.62. The Labute approximate surface area is 132 Å². The molecule has 22 heavy (non-hydrogen) atoms. The number of hydrogen-bond acceptors (Lipinski definition) is 6. The van der Waals surface area contributed by atoms with Crippen LogP contribution in [0.5, 0.6) is 0 Å². The summed E-state index contributed by atoms with van der Waals surface area (Å²) in [6, 6.07) is -0.126. The second kappa shape index (κ2) is 6.93. The molecule has 0 saturated heterocycles. The maximum atomic E-state index is 12.1. The van der Waals surface area contributed by atoms with E-state index in [0.717, 1.165) is 30.7 Å². The SMILES string of the molecule is O=C(Cc1csc(-c2cnccn2)n1)NC1CCCCC1O. The lowest BCUT2D eigenvalue weighted by Crippen LogP contribution is -2.45. The Morgan fingerprint density at radius 1 is 1.36 bits per heavy atom. The third-order valence-electron chi connectivity index (χ3n) is 3.75. The fourth-order valence-corrected chi connectivity index (χ4v) is 3.40. The average molecular weight is 318 g/mol. The molecule has 2 unspecified atom stereocenters. The topological polar surface area (TPSA) is 88.0 Å². The molecular weight excluding hydrogens is 300 g/mol. The van der Waals surface area contributed by atoms with E-state index in [2.05, 4.69) is 20.3 Å². The Morgan fingerprint density at radius 3 is 3.00 bits per heavy atom. The molecule has 1 aliphatic rings. The third-order valence-corrected chi connectivity index (χ3v) is 4.67. The van der Waals surface area contributed by atoms with Crippen molar-refractivity contribution >= 4 is 17.2 Å². The van der Waals surface area contributed by atoms with Crippen molar-refractivity contribution in [1.29, 1.82) is 0 Å². The Morgan fingerprint density at radius 2 is 2.23 bits per heavy atom. The molecule has 6 nitrogen and oxygen atoms in total. The zero-order valence-electron chi connectivity index (χ0n) is 12.1. The highest BCUT2D eigenvalue weighted by Gasteiger charge is 2.24. The number of aliphatic hydroxyl groups is 1. The molecule has 2 heterocycles. The van der Waals surface area contributed by atoms with Crippen LogP contribution >= 0.6 is 11.3 Å². The fraction of sp³-hybridized carbons (Fsp3) is 0.467. The number of carbonyl (C=O) groups is 1. The minimum Gasteiger partial charge on any atom is -0.391 e. The maximum absolute atomic E-state index is 12.1. The first-order chi connectivity index (χ1) is 10.7. The van der Waals surface area contributed by atoms with Crippen molar-refractivity contribution in [2.45, 2.75) is 44.2 Å². The zero-order valence-corrected chi connectivity index (χ0v) is 12.9. The van der Waals surface area contributed by atoms with Crippen LogP contribution in [0, 0.1) is 0 Å². The maximum Gasteiger partial charge on any atom is 0.226 e. The average Bonchev–Trinajstić information content (AvgIpc) is 2.99. The van der Waals surface area contributed by atoms with Crippen molar-refractivity contribution in [1.82, 2.24) is 20.3 Å². The van der Waals surface area contributed by atoms with Crippen LogP contribution < -0.4 is 5.32 Å². The first-order valence-electron chi connectivity index (χ1n) is 7.40. The smallest absolute Gasteiger partial charge is 0.226 e. The quantitative estimate of drug-likeness (QED) is 0.893. The lowest BCUT2D eigenvalue weighted by molar-refractivity contribution is -0.122. The molecule has 3 rings (SSSR count). The summed E-state index contributed by atoms with van der Waals surface area (Å²) in [6.45, 7) is 0. The highest BCUT2D eigenvalue weighted by Crippen LogP contribution is 2.21. The van der Waals surface area contributed by atoms with Gasteiger partial charge in [0.25, 0.3) is 0 Å². The second-order valence-electron chi connectivity index (χ2n) is 5.44. The van der Waals surface area contributed by atoms with Gasteiger partial charge in [0.2, 0.25) is 5.91 Å². The molecule has 0 spiro atoms. The normalized spacial score (nSPS) is 21.5. The van der Waals surface area contributed by atoms with Gasteiger partial charge in [-0.1, -0.05) is 12.8 Å². The van der Waals surface area contributed by atoms with Gasteiger partial charge in [-0.15, -0.1) is 11.3 Å². The van der Waals surface area contributed by atoms with Gasteiger partial charge in [0.15, 0.2) is 0 Å². The van der Waals surface area contributed by atoms with E-state index in [4.69, 9.17) is 0 Å². The van der Waals surface area contributed by atoms with Crippen LogP contribution in [-0.2, 0) is 11.2 Å². The molecule has 1 saturated carbocycles. The first-order valence-corrected chi connectivity index (χ1v) is 8.28. The van der Waals surface area contributed by atoms with Gasteiger partial charge in [-0.3, -0.25) is 14.8 Å². The number of nitrogens with one attached hydrogen (secondary N) is 1. The summed E-state index contributed by atoms with van der Waals surface area (Å²) in [7, 11) is 0. The number of nitrogens with zero attached hydrogens (tertiary/aromatic N) is 3. The Balaban J connectivity index is 1.59. The largest absolute Gasteiger partial charge is 0.391 e. The molecule has 0 aliphatic heterocycles. The van der Waals surface area contributed by atoms with Crippen LogP contribution in [0.2, 0.25) is 0 Å². The van der Waals surface area contributed by atoms with E-state index in [1.54, 1.807) is 18.6 Å². The van der Waals surface area contributed by atoms with Gasteiger partial charge in [-0.25, -0.2) is 4.98 Å². The summed E-state index contributed by atoms with van der Waals surface area (Å²) in [5, 5.41) is 15.4. The molecule has 7 heteroatoms. The van der Waals surface area contributed by atoms with Crippen molar-refractivity contribution in [3.8, 4) is 10.7 Å². The Kier molecular flexibility index (Phi) is 4.74. The van der Waals surface area contributed by atoms with Crippen LogP contribution in [0.4, 0.5) is 0 Å². The zero-order chi connectivity index (χ0) is 15.4.